The number of benzene rings is 1. The van der Waals surface area contributed by atoms with Crippen LogP contribution in [0, 0.1) is 6.92 Å². The van der Waals surface area contributed by atoms with E-state index in [4.69, 9.17) is 9.47 Å². The van der Waals surface area contributed by atoms with Crippen molar-refractivity contribution in [2.24, 2.45) is 0 Å². The second-order valence-electron chi connectivity index (χ2n) is 6.25. The maximum Gasteiger partial charge on any atom is 0.257 e. The Labute approximate surface area is 145 Å². The number of piperidine rings is 1. The number of aromatic nitrogens is 1. The van der Waals surface area contributed by atoms with Crippen LogP contribution in [0.15, 0.2) is 23.6 Å². The summed E-state index contributed by atoms with van der Waals surface area (Å²) < 4.78 is 11.3. The van der Waals surface area contributed by atoms with Gasteiger partial charge in [-0.2, -0.15) is 0 Å². The van der Waals surface area contributed by atoms with Gasteiger partial charge in [-0.25, -0.2) is 4.98 Å². The number of fused-ring (bicyclic) bond motifs is 1. The van der Waals surface area contributed by atoms with E-state index in [-0.39, 0.29) is 5.91 Å². The molecule has 5 nitrogen and oxygen atoms in total. The van der Waals surface area contributed by atoms with E-state index in [1.807, 2.05) is 30.0 Å². The number of carbonyl (C=O) groups excluding carboxylic acids is 1. The molecule has 1 aromatic carbocycles. The minimum absolute atomic E-state index is 0.0235. The third-order valence-electron chi connectivity index (χ3n) is 4.49. The van der Waals surface area contributed by atoms with Gasteiger partial charge in [0.05, 0.1) is 10.6 Å². The highest BCUT2D eigenvalue weighted by Gasteiger charge is 2.30. The van der Waals surface area contributed by atoms with Gasteiger partial charge in [-0.05, 0) is 31.9 Å². The van der Waals surface area contributed by atoms with Crippen molar-refractivity contribution in [2.75, 3.05) is 26.3 Å². The molecule has 0 aliphatic carbocycles. The molecule has 0 bridgehead atoms. The number of ether oxygens (including phenoxy) is 2. The van der Waals surface area contributed by atoms with Crippen LogP contribution in [0.1, 0.15) is 39.8 Å². The molecule has 2 aromatic rings. The summed E-state index contributed by atoms with van der Waals surface area (Å²) in [4.78, 5) is 19.6. The first-order valence-corrected chi connectivity index (χ1v) is 9.20. The molecule has 3 heterocycles. The van der Waals surface area contributed by atoms with E-state index in [1.165, 1.54) is 0 Å². The highest BCUT2D eigenvalue weighted by molar-refractivity contribution is 7.09. The zero-order valence-electron chi connectivity index (χ0n) is 13.7. The predicted molar refractivity (Wildman–Crippen MR) is 92.2 cm³/mol. The highest BCUT2D eigenvalue weighted by atomic mass is 32.1. The molecule has 24 heavy (non-hydrogen) atoms. The Kier molecular flexibility index (Phi) is 4.14. The van der Waals surface area contributed by atoms with Crippen LogP contribution in [0.25, 0.3) is 0 Å². The molecular weight excluding hydrogens is 324 g/mol. The summed E-state index contributed by atoms with van der Waals surface area (Å²) in [6, 6.07) is 5.53. The Hall–Kier alpha value is -2.08. The van der Waals surface area contributed by atoms with E-state index in [9.17, 15) is 4.79 Å². The number of amides is 1. The van der Waals surface area contributed by atoms with Gasteiger partial charge in [-0.3, -0.25) is 4.79 Å². The topological polar surface area (TPSA) is 51.7 Å². The van der Waals surface area contributed by atoms with Gasteiger partial charge < -0.3 is 14.4 Å². The van der Waals surface area contributed by atoms with Crippen molar-refractivity contribution >= 4 is 17.2 Å². The third-order valence-corrected chi connectivity index (χ3v) is 5.62. The molecule has 1 saturated heterocycles. The van der Waals surface area contributed by atoms with Gasteiger partial charge in [-0.1, -0.05) is 6.07 Å². The van der Waals surface area contributed by atoms with Gasteiger partial charge in [0.2, 0.25) is 0 Å². The number of hydrogen-bond donors (Lipinski definition) is 0. The molecule has 2 aliphatic heterocycles. The summed E-state index contributed by atoms with van der Waals surface area (Å²) >= 11 is 1.69. The molecule has 2 aliphatic rings. The van der Waals surface area contributed by atoms with Crippen molar-refractivity contribution in [2.45, 2.75) is 25.7 Å². The average Bonchev–Trinajstić information content (AvgIpc) is 3.07. The number of nitrogens with zero attached hydrogens (tertiary/aromatic N) is 2. The number of thiazole rings is 1. The van der Waals surface area contributed by atoms with Crippen molar-refractivity contribution in [3.8, 4) is 11.5 Å². The smallest absolute Gasteiger partial charge is 0.257 e. The standard InChI is InChI=1S/C18H20N2O3S/c1-12-11-24-17(19-12)13-4-3-7-20(10-13)18(21)14-5-2-6-15-16(14)23-9-8-22-15/h2,5-6,11,13H,3-4,7-10H2,1H3. The number of carbonyl (C=O) groups is 1. The van der Waals surface area contributed by atoms with E-state index in [0.717, 1.165) is 36.6 Å². The highest BCUT2D eigenvalue weighted by Crippen LogP contribution is 2.36. The van der Waals surface area contributed by atoms with Crippen molar-refractivity contribution < 1.29 is 14.3 Å². The fourth-order valence-corrected chi connectivity index (χ4v) is 4.26. The van der Waals surface area contributed by atoms with Crippen molar-refractivity contribution in [3.05, 3.63) is 39.8 Å². The largest absolute Gasteiger partial charge is 0.486 e. The van der Waals surface area contributed by atoms with Crippen LogP contribution in [0.3, 0.4) is 0 Å². The normalized spacial score (nSPS) is 20.0. The molecular formula is C18H20N2O3S. The van der Waals surface area contributed by atoms with E-state index >= 15 is 0 Å². The summed E-state index contributed by atoms with van der Waals surface area (Å²) in [5.41, 5.74) is 1.66. The lowest BCUT2D eigenvalue weighted by atomic mass is 9.97. The minimum atomic E-state index is 0.0235. The Bertz CT molecular complexity index is 758. The molecule has 1 aromatic heterocycles. The second-order valence-corrected chi connectivity index (χ2v) is 7.14. The van der Waals surface area contributed by atoms with Crippen LogP contribution >= 0.6 is 11.3 Å². The number of hydrogen-bond acceptors (Lipinski definition) is 5. The fraction of sp³-hybridized carbons (Fsp3) is 0.444. The van der Waals surface area contributed by atoms with Crippen molar-refractivity contribution in [1.29, 1.82) is 0 Å². The maximum absolute atomic E-state index is 13.0. The lowest BCUT2D eigenvalue weighted by Crippen LogP contribution is -2.39. The quantitative estimate of drug-likeness (QED) is 0.839. The van der Waals surface area contributed by atoms with Crippen LogP contribution in [-0.2, 0) is 0 Å². The van der Waals surface area contributed by atoms with Crippen LogP contribution in [-0.4, -0.2) is 42.1 Å². The van der Waals surface area contributed by atoms with E-state index < -0.39 is 0 Å². The first-order chi connectivity index (χ1) is 11.7. The third kappa shape index (κ3) is 2.86. The van der Waals surface area contributed by atoms with E-state index in [0.29, 0.717) is 36.2 Å². The molecule has 1 unspecified atom stereocenters. The van der Waals surface area contributed by atoms with E-state index in [1.54, 1.807) is 11.3 Å². The Morgan fingerprint density at radius 2 is 2.21 bits per heavy atom. The Morgan fingerprint density at radius 1 is 1.33 bits per heavy atom. The molecule has 1 amide bonds. The summed E-state index contributed by atoms with van der Waals surface area (Å²) in [7, 11) is 0. The van der Waals surface area contributed by atoms with Crippen LogP contribution in [0.2, 0.25) is 0 Å². The molecule has 1 atom stereocenters. The average molecular weight is 344 g/mol. The zero-order chi connectivity index (χ0) is 16.5. The molecule has 0 spiro atoms. The lowest BCUT2D eigenvalue weighted by Gasteiger charge is -2.32. The van der Waals surface area contributed by atoms with Gasteiger partial charge in [0.25, 0.3) is 5.91 Å². The monoisotopic (exact) mass is 344 g/mol. The zero-order valence-corrected chi connectivity index (χ0v) is 14.5. The fourth-order valence-electron chi connectivity index (χ4n) is 3.34. The number of para-hydroxylation sites is 1. The van der Waals surface area contributed by atoms with Gasteiger partial charge in [0, 0.05) is 30.1 Å². The van der Waals surface area contributed by atoms with Crippen LogP contribution < -0.4 is 9.47 Å². The lowest BCUT2D eigenvalue weighted by molar-refractivity contribution is 0.0697. The summed E-state index contributed by atoms with van der Waals surface area (Å²) in [6.07, 6.45) is 2.09. The number of aryl methyl sites for hydroxylation is 1. The molecule has 6 heteroatoms. The summed E-state index contributed by atoms with van der Waals surface area (Å²) in [5, 5.41) is 3.22. The Morgan fingerprint density at radius 3 is 3.04 bits per heavy atom. The minimum Gasteiger partial charge on any atom is -0.486 e. The summed E-state index contributed by atoms with van der Waals surface area (Å²) in [6.45, 7) is 4.53. The van der Waals surface area contributed by atoms with Crippen LogP contribution in [0.5, 0.6) is 11.5 Å². The van der Waals surface area contributed by atoms with Crippen LogP contribution in [0.4, 0.5) is 0 Å². The molecule has 126 valence electrons. The molecule has 0 N–H and O–H groups in total. The molecule has 0 radical (unpaired) electrons. The van der Waals surface area contributed by atoms with Crippen molar-refractivity contribution in [3.63, 3.8) is 0 Å². The molecule has 1 fully saturated rings. The summed E-state index contributed by atoms with van der Waals surface area (Å²) in [5.74, 6) is 1.60. The first-order valence-electron chi connectivity index (χ1n) is 8.32. The SMILES string of the molecule is Cc1csc(C2CCCN(C(=O)c3cccc4c3OCCO4)C2)n1. The maximum atomic E-state index is 13.0. The number of rotatable bonds is 2. The molecule has 0 saturated carbocycles. The second kappa shape index (κ2) is 6.43. The van der Waals surface area contributed by atoms with Gasteiger partial charge in [0.15, 0.2) is 11.5 Å². The van der Waals surface area contributed by atoms with Gasteiger partial charge in [-0.15, -0.1) is 11.3 Å². The van der Waals surface area contributed by atoms with E-state index in [2.05, 4.69) is 10.4 Å². The first kappa shape index (κ1) is 15.4. The van der Waals surface area contributed by atoms with Crippen molar-refractivity contribution in [1.82, 2.24) is 9.88 Å². The molecule has 4 rings (SSSR count). The van der Waals surface area contributed by atoms with Gasteiger partial charge in [0.1, 0.15) is 13.2 Å². The number of likely N-dealkylation sites (tertiary alicyclic amines) is 1. The Balaban J connectivity index is 1.56. The predicted octanol–water partition coefficient (Wildman–Crippen LogP) is 3.24. The van der Waals surface area contributed by atoms with Gasteiger partial charge >= 0.3 is 0 Å².